The van der Waals surface area contributed by atoms with Crippen LogP contribution in [0.2, 0.25) is 0 Å². The third-order valence-corrected chi connectivity index (χ3v) is 5.20. The molecule has 2 fully saturated rings. The molecular weight excluding hydrogens is 360 g/mol. The molecule has 0 unspecified atom stereocenters. The Balaban J connectivity index is 1.78. The molecule has 2 N–H and O–H groups in total. The lowest BCUT2D eigenvalue weighted by Crippen LogP contribution is -2.58. The van der Waals surface area contributed by atoms with Crippen LogP contribution in [-0.2, 0) is 19.1 Å². The molecule has 2 aliphatic rings. The van der Waals surface area contributed by atoms with Gasteiger partial charge in [0.2, 0.25) is 11.8 Å². The van der Waals surface area contributed by atoms with E-state index in [1.54, 1.807) is 30.4 Å². The van der Waals surface area contributed by atoms with Crippen LogP contribution in [0.5, 0.6) is 0 Å². The van der Waals surface area contributed by atoms with Crippen molar-refractivity contribution in [2.75, 3.05) is 13.7 Å². The van der Waals surface area contributed by atoms with Crippen LogP contribution in [0, 0.1) is 0 Å². The van der Waals surface area contributed by atoms with Crippen LogP contribution >= 0.6 is 0 Å². The summed E-state index contributed by atoms with van der Waals surface area (Å²) in [7, 11) is 1.59. The summed E-state index contributed by atoms with van der Waals surface area (Å²) in [4.78, 5) is 43.1. The van der Waals surface area contributed by atoms with Crippen molar-refractivity contribution in [2.45, 2.75) is 63.3 Å². The first-order valence-electron chi connectivity index (χ1n) is 9.68. The van der Waals surface area contributed by atoms with Gasteiger partial charge in [-0.25, -0.2) is 0 Å². The number of rotatable bonds is 7. The minimum Gasteiger partial charge on any atom is -0.359 e. The molecule has 0 radical (unpaired) electrons. The van der Waals surface area contributed by atoms with E-state index in [4.69, 9.17) is 4.74 Å². The molecule has 1 saturated heterocycles. The normalized spacial score (nSPS) is 22.7. The molecule has 2 atom stereocenters. The second kappa shape index (κ2) is 8.26. The maximum atomic E-state index is 13.1. The van der Waals surface area contributed by atoms with Gasteiger partial charge in [-0.05, 0) is 44.7 Å². The van der Waals surface area contributed by atoms with E-state index in [1.807, 2.05) is 19.9 Å². The Morgan fingerprint density at radius 2 is 2.11 bits per heavy atom. The Morgan fingerprint density at radius 3 is 2.71 bits per heavy atom. The summed E-state index contributed by atoms with van der Waals surface area (Å²) in [6.07, 6.45) is 5.21. The number of morpholine rings is 1. The van der Waals surface area contributed by atoms with E-state index in [2.05, 4.69) is 15.6 Å². The predicted octanol–water partition coefficient (Wildman–Crippen LogP) is 0.934. The van der Waals surface area contributed by atoms with Gasteiger partial charge in [-0.15, -0.1) is 0 Å². The van der Waals surface area contributed by atoms with Gasteiger partial charge in [0, 0.05) is 37.4 Å². The van der Waals surface area contributed by atoms with Gasteiger partial charge in [0.15, 0.2) is 6.10 Å². The average Bonchev–Trinajstić information content (AvgIpc) is 3.51. The number of carbonyl (C=O) groups is 3. The number of hydrogen-bond acceptors (Lipinski definition) is 5. The van der Waals surface area contributed by atoms with Crippen molar-refractivity contribution in [1.29, 1.82) is 0 Å². The first-order chi connectivity index (χ1) is 13.3. The second-order valence-electron chi connectivity index (χ2n) is 8.04. The highest BCUT2D eigenvalue weighted by atomic mass is 16.5. The Bertz CT molecular complexity index is 733. The van der Waals surface area contributed by atoms with Crippen LogP contribution in [0.3, 0.4) is 0 Å². The summed E-state index contributed by atoms with van der Waals surface area (Å²) in [5.41, 5.74) is 0.198. The smallest absolute Gasteiger partial charge is 0.252 e. The lowest BCUT2D eigenvalue weighted by Gasteiger charge is -2.41. The minimum absolute atomic E-state index is 0.0741. The number of nitrogens with zero attached hydrogens (tertiary/aromatic N) is 2. The molecule has 1 aliphatic heterocycles. The minimum atomic E-state index is -0.818. The molecule has 8 nitrogen and oxygen atoms in total. The van der Waals surface area contributed by atoms with Gasteiger partial charge in [0.25, 0.3) is 5.91 Å². The number of aromatic nitrogens is 1. The van der Waals surface area contributed by atoms with Crippen LogP contribution in [0.1, 0.15) is 51.1 Å². The molecule has 8 heteroatoms. The molecule has 3 amide bonds. The monoisotopic (exact) mass is 388 g/mol. The van der Waals surface area contributed by atoms with Crippen molar-refractivity contribution in [3.63, 3.8) is 0 Å². The van der Waals surface area contributed by atoms with Crippen LogP contribution in [0.25, 0.3) is 0 Å². The lowest BCUT2D eigenvalue weighted by atomic mass is 9.94. The number of amides is 3. The summed E-state index contributed by atoms with van der Waals surface area (Å²) in [5.74, 6) is -0.455. The highest BCUT2D eigenvalue weighted by Crippen LogP contribution is 2.39. The first kappa shape index (κ1) is 20.3. The molecule has 152 valence electrons. The molecule has 1 aliphatic carbocycles. The van der Waals surface area contributed by atoms with E-state index in [0.717, 1.165) is 18.4 Å². The maximum Gasteiger partial charge on any atom is 0.252 e. The van der Waals surface area contributed by atoms with Crippen molar-refractivity contribution < 1.29 is 19.1 Å². The van der Waals surface area contributed by atoms with E-state index < -0.39 is 17.7 Å². The largest absolute Gasteiger partial charge is 0.359 e. The summed E-state index contributed by atoms with van der Waals surface area (Å²) in [6, 6.07) is 3.31. The zero-order chi connectivity index (χ0) is 20.3. The zero-order valence-electron chi connectivity index (χ0n) is 16.6. The lowest BCUT2D eigenvalue weighted by molar-refractivity contribution is -0.166. The van der Waals surface area contributed by atoms with E-state index in [9.17, 15) is 14.4 Å². The molecule has 3 rings (SSSR count). The fourth-order valence-electron chi connectivity index (χ4n) is 3.53. The standard InChI is InChI=1S/C20H28N4O4/c1-20(2,9-8-15(25)21-3)23-19(27)18-17(13-5-4-10-22-11-13)24(14-6-7-14)16(26)12-28-18/h4-5,10-11,14,17-18H,6-9,12H2,1-3H3,(H,21,25)(H,23,27)/t17-,18+/m1/s1. The summed E-state index contributed by atoms with van der Waals surface area (Å²) < 4.78 is 5.71. The van der Waals surface area contributed by atoms with E-state index in [0.29, 0.717) is 12.8 Å². The highest BCUT2D eigenvalue weighted by molar-refractivity contribution is 5.87. The molecule has 1 saturated carbocycles. The van der Waals surface area contributed by atoms with E-state index in [-0.39, 0.29) is 30.4 Å². The molecule has 1 aromatic rings. The first-order valence-corrected chi connectivity index (χ1v) is 9.68. The topological polar surface area (TPSA) is 101 Å². The summed E-state index contributed by atoms with van der Waals surface area (Å²) in [5, 5.41) is 5.58. The molecule has 0 bridgehead atoms. The van der Waals surface area contributed by atoms with Gasteiger partial charge in [0.1, 0.15) is 6.61 Å². The molecule has 28 heavy (non-hydrogen) atoms. The Hall–Kier alpha value is -2.48. The third-order valence-electron chi connectivity index (χ3n) is 5.20. The van der Waals surface area contributed by atoms with Crippen molar-refractivity contribution in [3.8, 4) is 0 Å². The van der Waals surface area contributed by atoms with Crippen LogP contribution in [0.4, 0.5) is 0 Å². The number of ether oxygens (including phenoxy) is 1. The van der Waals surface area contributed by atoms with Crippen molar-refractivity contribution in [1.82, 2.24) is 20.5 Å². The van der Waals surface area contributed by atoms with Gasteiger partial charge in [-0.3, -0.25) is 19.4 Å². The average molecular weight is 388 g/mol. The zero-order valence-corrected chi connectivity index (χ0v) is 16.6. The van der Waals surface area contributed by atoms with Gasteiger partial charge in [-0.2, -0.15) is 0 Å². The van der Waals surface area contributed by atoms with Crippen LogP contribution in [0.15, 0.2) is 24.5 Å². The fourth-order valence-corrected chi connectivity index (χ4v) is 3.53. The molecule has 1 aromatic heterocycles. The fraction of sp³-hybridized carbons (Fsp3) is 0.600. The van der Waals surface area contributed by atoms with Crippen LogP contribution in [-0.4, -0.2) is 58.9 Å². The Labute approximate surface area is 165 Å². The van der Waals surface area contributed by atoms with Crippen LogP contribution < -0.4 is 10.6 Å². The van der Waals surface area contributed by atoms with Gasteiger partial charge < -0.3 is 20.3 Å². The SMILES string of the molecule is CNC(=O)CCC(C)(C)NC(=O)[C@H]1OCC(=O)N(C2CC2)[C@@H]1c1cccnc1. The predicted molar refractivity (Wildman–Crippen MR) is 102 cm³/mol. The number of hydrogen-bond donors (Lipinski definition) is 2. The third kappa shape index (κ3) is 4.67. The molecule has 0 aromatic carbocycles. The number of pyridine rings is 1. The van der Waals surface area contributed by atoms with Crippen molar-refractivity contribution in [2.24, 2.45) is 0 Å². The molecule has 0 spiro atoms. The van der Waals surface area contributed by atoms with Gasteiger partial charge in [-0.1, -0.05) is 6.07 Å². The van der Waals surface area contributed by atoms with E-state index in [1.165, 1.54) is 0 Å². The highest BCUT2D eigenvalue weighted by Gasteiger charge is 2.48. The van der Waals surface area contributed by atoms with Gasteiger partial charge in [0.05, 0.1) is 6.04 Å². The number of nitrogens with one attached hydrogen (secondary N) is 2. The van der Waals surface area contributed by atoms with Gasteiger partial charge >= 0.3 is 0 Å². The molecular formula is C20H28N4O4. The van der Waals surface area contributed by atoms with E-state index >= 15 is 0 Å². The Morgan fingerprint density at radius 1 is 1.36 bits per heavy atom. The van der Waals surface area contributed by atoms with Crippen molar-refractivity contribution >= 4 is 17.7 Å². The number of carbonyl (C=O) groups excluding carboxylic acids is 3. The molecule has 2 heterocycles. The second-order valence-corrected chi connectivity index (χ2v) is 8.04. The summed E-state index contributed by atoms with van der Waals surface area (Å²) >= 11 is 0. The van der Waals surface area contributed by atoms with Crippen molar-refractivity contribution in [3.05, 3.63) is 30.1 Å². The quantitative estimate of drug-likeness (QED) is 0.724. The summed E-state index contributed by atoms with van der Waals surface area (Å²) in [6.45, 7) is 3.64. The Kier molecular flexibility index (Phi) is 5.98. The maximum absolute atomic E-state index is 13.1.